The lowest BCUT2D eigenvalue weighted by atomic mass is 9.83. The van der Waals surface area contributed by atoms with Gasteiger partial charge >= 0.3 is 17.9 Å². The van der Waals surface area contributed by atoms with E-state index in [1.165, 1.54) is 7.11 Å². The van der Waals surface area contributed by atoms with Gasteiger partial charge in [-0.15, -0.1) is 0 Å². The fourth-order valence-electron chi connectivity index (χ4n) is 6.08. The Labute approximate surface area is 247 Å². The van der Waals surface area contributed by atoms with Gasteiger partial charge in [-0.1, -0.05) is 66.2 Å². The predicted octanol–water partition coefficient (Wildman–Crippen LogP) is 6.40. The van der Waals surface area contributed by atoms with E-state index in [0.717, 1.165) is 11.1 Å². The lowest BCUT2D eigenvalue weighted by Crippen LogP contribution is -2.49. The maximum atomic E-state index is 13.8. The number of carbonyl (C=O) groups excluding carboxylic acids is 3. The van der Waals surface area contributed by atoms with E-state index in [-0.39, 0.29) is 12.8 Å². The Balaban J connectivity index is 1.90. The van der Waals surface area contributed by atoms with Crippen LogP contribution in [0.3, 0.4) is 0 Å². The Morgan fingerprint density at radius 3 is 1.93 bits per heavy atom. The Hall–Kier alpha value is -3.16. The van der Waals surface area contributed by atoms with E-state index in [1.807, 2.05) is 101 Å². The van der Waals surface area contributed by atoms with Gasteiger partial charge in [0.1, 0.15) is 16.7 Å². The summed E-state index contributed by atoms with van der Waals surface area (Å²) in [6.45, 7) is 10.9. The van der Waals surface area contributed by atoms with E-state index in [9.17, 15) is 14.4 Å². The topological polar surface area (TPSA) is 82.1 Å². The molecule has 2 aromatic rings. The first kappa shape index (κ1) is 30.8. The molecule has 0 N–H and O–H groups in total. The molecule has 8 heteroatoms. The summed E-state index contributed by atoms with van der Waals surface area (Å²) in [5, 5.41) is 0.549. The van der Waals surface area contributed by atoms with Gasteiger partial charge in [-0.3, -0.25) is 19.3 Å². The maximum Gasteiger partial charge on any atom is 0.326 e. The van der Waals surface area contributed by atoms with Crippen LogP contribution >= 0.6 is 11.6 Å². The highest BCUT2D eigenvalue weighted by molar-refractivity contribution is 6.30. The first-order valence-electron chi connectivity index (χ1n) is 14.0. The van der Waals surface area contributed by atoms with Crippen molar-refractivity contribution in [1.29, 1.82) is 0 Å². The normalized spacial score (nSPS) is 26.5. The largest absolute Gasteiger partial charge is 0.468 e. The molecule has 2 aliphatic heterocycles. The number of methoxy groups -OCH3 is 1. The Bertz CT molecular complexity index is 1290. The summed E-state index contributed by atoms with van der Waals surface area (Å²) in [4.78, 5) is 43.2. The van der Waals surface area contributed by atoms with Crippen molar-refractivity contribution in [2.45, 2.75) is 83.2 Å². The van der Waals surface area contributed by atoms with Crippen LogP contribution in [0.5, 0.6) is 0 Å². The third kappa shape index (κ3) is 6.68. The van der Waals surface area contributed by atoms with Crippen LogP contribution in [0.15, 0.2) is 60.7 Å². The zero-order valence-electron chi connectivity index (χ0n) is 24.8. The highest BCUT2D eigenvalue weighted by atomic mass is 35.5. The molecular weight excluding hydrogens is 542 g/mol. The molecule has 0 saturated carbocycles. The number of esters is 3. The van der Waals surface area contributed by atoms with Crippen molar-refractivity contribution in [1.82, 2.24) is 4.90 Å². The molecule has 0 aromatic heterocycles. The molecule has 2 heterocycles. The minimum atomic E-state index is -1.26. The fourth-order valence-corrected chi connectivity index (χ4v) is 6.21. The molecule has 2 saturated heterocycles. The van der Waals surface area contributed by atoms with E-state index >= 15 is 0 Å². The van der Waals surface area contributed by atoms with Crippen LogP contribution in [-0.2, 0) is 28.6 Å². The van der Waals surface area contributed by atoms with Crippen LogP contribution in [0.2, 0.25) is 5.02 Å². The highest BCUT2D eigenvalue weighted by Crippen LogP contribution is 2.57. The number of benzene rings is 2. The summed E-state index contributed by atoms with van der Waals surface area (Å²) >= 11 is 6.24. The summed E-state index contributed by atoms with van der Waals surface area (Å²) in [6, 6.07) is 15.8. The summed E-state index contributed by atoms with van der Waals surface area (Å²) < 4.78 is 17.1. The van der Waals surface area contributed by atoms with Crippen molar-refractivity contribution < 1.29 is 28.6 Å². The standard InChI is InChI=1S/C33H40ClNO6/c1-31(2,3)40-28(36)24-19-33(30(38)39-7)20-25(29(37)41-32(4,5)6)27(22-14-16-23(34)17-15-22)35(33)26(24)18-13-21-11-9-8-10-12-21/h8-18,24-27H,19-20H2,1-7H3/b18-13+/t24-,25-,26-,27-,33-/m1/s1. The number of ether oxygens (including phenoxy) is 3. The van der Waals surface area contributed by atoms with E-state index in [2.05, 4.69) is 0 Å². The van der Waals surface area contributed by atoms with Crippen molar-refractivity contribution in [3.05, 3.63) is 76.8 Å². The number of hydrogen-bond donors (Lipinski definition) is 0. The summed E-state index contributed by atoms with van der Waals surface area (Å²) in [5.41, 5.74) is -0.965. The zero-order valence-corrected chi connectivity index (χ0v) is 25.6. The average molecular weight is 582 g/mol. The van der Waals surface area contributed by atoms with E-state index in [1.54, 1.807) is 12.1 Å². The minimum absolute atomic E-state index is 0.136. The lowest BCUT2D eigenvalue weighted by Gasteiger charge is -2.36. The molecule has 2 aliphatic rings. The average Bonchev–Trinajstić information content (AvgIpc) is 3.39. The van der Waals surface area contributed by atoms with Crippen LogP contribution in [0.1, 0.15) is 71.6 Å². The third-order valence-corrected chi connectivity index (χ3v) is 7.76. The molecule has 5 atom stereocenters. The summed E-state index contributed by atoms with van der Waals surface area (Å²) in [7, 11) is 1.34. The van der Waals surface area contributed by atoms with Crippen LogP contribution in [0, 0.1) is 11.8 Å². The molecule has 0 unspecified atom stereocenters. The Morgan fingerprint density at radius 1 is 0.854 bits per heavy atom. The van der Waals surface area contributed by atoms with Crippen LogP contribution in [0.4, 0.5) is 0 Å². The smallest absolute Gasteiger partial charge is 0.326 e. The van der Waals surface area contributed by atoms with Gasteiger partial charge in [-0.2, -0.15) is 0 Å². The zero-order chi connectivity index (χ0) is 30.2. The predicted molar refractivity (Wildman–Crippen MR) is 158 cm³/mol. The Kier molecular flexibility index (Phi) is 8.72. The van der Waals surface area contributed by atoms with E-state index < -0.39 is 58.6 Å². The number of carbonyl (C=O) groups is 3. The maximum absolute atomic E-state index is 13.8. The molecule has 0 radical (unpaired) electrons. The molecule has 2 fully saturated rings. The monoisotopic (exact) mass is 581 g/mol. The molecule has 0 amide bonds. The summed E-state index contributed by atoms with van der Waals surface area (Å²) in [6.07, 6.45) is 4.16. The van der Waals surface area contributed by atoms with Crippen LogP contribution in [0.25, 0.3) is 6.08 Å². The molecule has 41 heavy (non-hydrogen) atoms. The SMILES string of the molecule is COC(=O)[C@]12C[C@@H](C(=O)OC(C)(C)C)[C@@H](/C=C/c3ccccc3)N1[C@H](c1ccc(Cl)cc1)[C@H](C(=O)OC(C)(C)C)C2. The molecule has 0 aliphatic carbocycles. The van der Waals surface area contributed by atoms with Crippen LogP contribution in [-0.4, -0.2) is 52.7 Å². The second kappa shape index (κ2) is 11.6. The van der Waals surface area contributed by atoms with Gasteiger partial charge in [0.2, 0.25) is 0 Å². The van der Waals surface area contributed by atoms with Gasteiger partial charge in [0, 0.05) is 17.1 Å². The second-order valence-electron chi connectivity index (χ2n) is 12.9. The fraction of sp³-hybridized carbons (Fsp3) is 0.485. The van der Waals surface area contributed by atoms with Crippen molar-refractivity contribution in [3.63, 3.8) is 0 Å². The number of halogens is 1. The number of rotatable bonds is 6. The van der Waals surface area contributed by atoms with Crippen molar-refractivity contribution >= 4 is 35.6 Å². The molecule has 4 rings (SSSR count). The van der Waals surface area contributed by atoms with Crippen LogP contribution < -0.4 is 0 Å². The molecule has 0 bridgehead atoms. The van der Waals surface area contributed by atoms with Crippen molar-refractivity contribution in [2.24, 2.45) is 11.8 Å². The van der Waals surface area contributed by atoms with Crippen molar-refractivity contribution in [2.75, 3.05) is 7.11 Å². The quantitative estimate of drug-likeness (QED) is 0.288. The molecule has 0 spiro atoms. The van der Waals surface area contributed by atoms with Gasteiger partial charge in [0.05, 0.1) is 18.9 Å². The first-order chi connectivity index (χ1) is 19.1. The number of hydrogen-bond acceptors (Lipinski definition) is 7. The van der Waals surface area contributed by atoms with Gasteiger partial charge < -0.3 is 14.2 Å². The minimum Gasteiger partial charge on any atom is -0.468 e. The van der Waals surface area contributed by atoms with Gasteiger partial charge in [0.25, 0.3) is 0 Å². The van der Waals surface area contributed by atoms with Gasteiger partial charge in [0.15, 0.2) is 0 Å². The first-order valence-corrected chi connectivity index (χ1v) is 14.3. The number of fused-ring (bicyclic) bond motifs is 1. The third-order valence-electron chi connectivity index (χ3n) is 7.51. The molecule has 220 valence electrons. The molecule has 2 aromatic carbocycles. The van der Waals surface area contributed by atoms with E-state index in [4.69, 9.17) is 25.8 Å². The Morgan fingerprint density at radius 2 is 1.39 bits per heavy atom. The van der Waals surface area contributed by atoms with Gasteiger partial charge in [-0.05, 0) is 77.6 Å². The summed E-state index contributed by atoms with van der Waals surface area (Å²) in [5.74, 6) is -2.67. The van der Waals surface area contributed by atoms with Gasteiger partial charge in [-0.25, -0.2) is 0 Å². The lowest BCUT2D eigenvalue weighted by molar-refractivity contribution is -0.161. The van der Waals surface area contributed by atoms with Crippen molar-refractivity contribution in [3.8, 4) is 0 Å². The highest BCUT2D eigenvalue weighted by Gasteiger charge is 2.68. The molecular formula is C33H40ClNO6. The van der Waals surface area contributed by atoms with E-state index in [0.29, 0.717) is 5.02 Å². The number of nitrogens with zero attached hydrogens (tertiary/aromatic N) is 1. The second-order valence-corrected chi connectivity index (χ2v) is 13.3. The molecule has 7 nitrogen and oxygen atoms in total.